The molecule has 3 atom stereocenters. The molecule has 0 unspecified atom stereocenters. The molecule has 1 aliphatic carbocycles. The Morgan fingerprint density at radius 1 is 1.26 bits per heavy atom. The molecule has 0 radical (unpaired) electrons. The monoisotopic (exact) mass is 310 g/mol. The van der Waals surface area contributed by atoms with Gasteiger partial charge < -0.3 is 15.4 Å². The summed E-state index contributed by atoms with van der Waals surface area (Å²) in [5, 5.41) is 15.0. The molecule has 3 heteroatoms. The zero-order valence-corrected chi connectivity index (χ0v) is 14.0. The number of nitrogens with one attached hydrogen (secondary N) is 2. The van der Waals surface area contributed by atoms with Crippen LogP contribution in [0.5, 0.6) is 0 Å². The maximum absolute atomic E-state index is 9.75. The van der Waals surface area contributed by atoms with Crippen molar-refractivity contribution < 1.29 is 5.11 Å². The van der Waals surface area contributed by atoms with Crippen LogP contribution in [0.3, 0.4) is 0 Å². The van der Waals surface area contributed by atoms with Crippen LogP contribution in [0.2, 0.25) is 0 Å². The van der Waals surface area contributed by atoms with Crippen molar-refractivity contribution in [2.24, 2.45) is 11.8 Å². The molecule has 0 saturated carbocycles. The quantitative estimate of drug-likeness (QED) is 0.761. The summed E-state index contributed by atoms with van der Waals surface area (Å²) < 4.78 is 0. The van der Waals surface area contributed by atoms with Crippen molar-refractivity contribution in [3.63, 3.8) is 0 Å². The number of aromatic amines is 1. The van der Waals surface area contributed by atoms with Crippen molar-refractivity contribution in [1.82, 2.24) is 10.3 Å². The largest absolute Gasteiger partial charge is 0.392 e. The maximum Gasteiger partial charge on any atom is 0.0645 e. The number of aliphatic hydroxyl groups is 1. The van der Waals surface area contributed by atoms with Crippen molar-refractivity contribution in [2.75, 3.05) is 6.61 Å². The van der Waals surface area contributed by atoms with Crippen LogP contribution in [0.4, 0.5) is 0 Å². The van der Waals surface area contributed by atoms with Gasteiger partial charge in [-0.3, -0.25) is 0 Å². The van der Waals surface area contributed by atoms with Gasteiger partial charge in [-0.2, -0.15) is 0 Å². The van der Waals surface area contributed by atoms with Crippen molar-refractivity contribution >= 4 is 10.9 Å². The van der Waals surface area contributed by atoms with E-state index in [1.807, 2.05) is 0 Å². The molecule has 23 heavy (non-hydrogen) atoms. The zero-order chi connectivity index (χ0) is 16.0. The molecule has 2 aromatic rings. The highest BCUT2D eigenvalue weighted by atomic mass is 16.3. The van der Waals surface area contributed by atoms with E-state index in [9.17, 15) is 5.11 Å². The number of hydrogen-bond donors (Lipinski definition) is 3. The smallest absolute Gasteiger partial charge is 0.0645 e. The molecule has 1 aromatic heterocycles. The van der Waals surface area contributed by atoms with Crippen LogP contribution in [-0.4, -0.2) is 28.3 Å². The van der Waals surface area contributed by atoms with E-state index in [-0.39, 0.29) is 12.1 Å². The molecule has 0 spiro atoms. The van der Waals surface area contributed by atoms with Gasteiger partial charge in [0.15, 0.2) is 0 Å². The van der Waals surface area contributed by atoms with Crippen LogP contribution in [-0.2, 0) is 6.42 Å². The van der Waals surface area contributed by atoms with Crippen LogP contribution in [0, 0.1) is 11.8 Å². The first kappa shape index (κ1) is 15.0. The second kappa shape index (κ2) is 5.50. The maximum atomic E-state index is 9.75. The van der Waals surface area contributed by atoms with E-state index >= 15 is 0 Å². The first-order chi connectivity index (χ1) is 11.1. The van der Waals surface area contributed by atoms with E-state index < -0.39 is 0 Å². The fourth-order valence-corrected chi connectivity index (χ4v) is 4.62. The van der Waals surface area contributed by atoms with Crippen LogP contribution in [0.25, 0.3) is 10.9 Å². The highest BCUT2D eigenvalue weighted by molar-refractivity contribution is 5.83. The number of hydrogen-bond acceptors (Lipinski definition) is 2. The SMILES string of the molecule is CC1(C)N[C@H](Cc2c[nH]c3ccccc23)[C@H]2C[C@@H]1CC=C2CO. The summed E-state index contributed by atoms with van der Waals surface area (Å²) in [5.41, 5.74) is 3.96. The third-order valence-electron chi connectivity index (χ3n) is 6.04. The second-order valence-corrected chi connectivity index (χ2v) is 7.75. The predicted octanol–water partition coefficient (Wildman–Crippen LogP) is 3.41. The number of allylic oxidation sites excluding steroid dienone is 1. The molecular weight excluding hydrogens is 284 g/mol. The molecule has 2 aliphatic rings. The summed E-state index contributed by atoms with van der Waals surface area (Å²) in [6, 6.07) is 8.89. The summed E-state index contributed by atoms with van der Waals surface area (Å²) in [5.74, 6) is 1.13. The second-order valence-electron chi connectivity index (χ2n) is 7.75. The molecule has 2 bridgehead atoms. The molecule has 3 N–H and O–H groups in total. The van der Waals surface area contributed by atoms with E-state index in [1.165, 1.54) is 28.5 Å². The average Bonchev–Trinajstić information content (AvgIpc) is 2.96. The lowest BCUT2D eigenvalue weighted by Crippen LogP contribution is -2.60. The van der Waals surface area contributed by atoms with Crippen LogP contribution in [0.15, 0.2) is 42.1 Å². The van der Waals surface area contributed by atoms with Crippen molar-refractivity contribution in [3.8, 4) is 0 Å². The van der Waals surface area contributed by atoms with Gasteiger partial charge in [0.25, 0.3) is 0 Å². The molecular formula is C20H26N2O. The van der Waals surface area contributed by atoms with Gasteiger partial charge in [-0.05, 0) is 62.1 Å². The van der Waals surface area contributed by atoms with Crippen molar-refractivity contribution in [1.29, 1.82) is 0 Å². The Kier molecular flexibility index (Phi) is 3.58. The van der Waals surface area contributed by atoms with Crippen molar-refractivity contribution in [3.05, 3.63) is 47.7 Å². The lowest BCUT2D eigenvalue weighted by atomic mass is 9.65. The lowest BCUT2D eigenvalue weighted by molar-refractivity contribution is 0.101. The molecule has 0 amide bonds. The molecule has 3 nitrogen and oxygen atoms in total. The van der Waals surface area contributed by atoms with E-state index in [2.05, 4.69) is 60.7 Å². The third kappa shape index (κ3) is 2.52. The minimum absolute atomic E-state index is 0.158. The Morgan fingerprint density at radius 3 is 2.91 bits per heavy atom. The summed E-state index contributed by atoms with van der Waals surface area (Å²) >= 11 is 0. The number of fused-ring (bicyclic) bond motifs is 3. The normalized spacial score (nSPS) is 29.5. The minimum atomic E-state index is 0.158. The Morgan fingerprint density at radius 2 is 2.09 bits per heavy atom. The first-order valence-corrected chi connectivity index (χ1v) is 8.71. The fourth-order valence-electron chi connectivity index (χ4n) is 4.62. The van der Waals surface area contributed by atoms with E-state index in [1.54, 1.807) is 0 Å². The average molecular weight is 310 g/mol. The van der Waals surface area contributed by atoms with Gasteiger partial charge in [0.05, 0.1) is 6.61 Å². The summed E-state index contributed by atoms with van der Waals surface area (Å²) in [6.45, 7) is 4.85. The van der Waals surface area contributed by atoms with Crippen LogP contribution >= 0.6 is 0 Å². The standard InChI is InChI=1S/C20H26N2O/c1-20(2)15-8-7-13(12-23)17(10-15)19(22-20)9-14-11-21-18-6-4-3-5-16(14)18/h3-7,11,15,17,19,21-23H,8-10,12H2,1-2H3/t15-,17-,19+/m0/s1. The topological polar surface area (TPSA) is 48.0 Å². The Hall–Kier alpha value is -1.58. The molecule has 4 rings (SSSR count). The number of aliphatic hydroxyl groups excluding tert-OH is 1. The predicted molar refractivity (Wildman–Crippen MR) is 94.4 cm³/mol. The number of benzene rings is 1. The van der Waals surface area contributed by atoms with E-state index in [0.29, 0.717) is 17.9 Å². The summed E-state index contributed by atoms with van der Waals surface area (Å²) in [6.07, 6.45) is 7.73. The van der Waals surface area contributed by atoms with Crippen LogP contribution < -0.4 is 5.32 Å². The van der Waals surface area contributed by atoms with Gasteiger partial charge >= 0.3 is 0 Å². The molecule has 1 aromatic carbocycles. The molecule has 1 aliphatic heterocycles. The van der Waals surface area contributed by atoms with Gasteiger partial charge in [0.1, 0.15) is 0 Å². The molecule has 1 saturated heterocycles. The van der Waals surface area contributed by atoms with Gasteiger partial charge in [-0.15, -0.1) is 0 Å². The number of para-hydroxylation sites is 1. The Labute approximate surface area is 137 Å². The lowest BCUT2D eigenvalue weighted by Gasteiger charge is -2.50. The van der Waals surface area contributed by atoms with E-state index in [0.717, 1.165) is 12.8 Å². The van der Waals surface area contributed by atoms with Crippen molar-refractivity contribution in [2.45, 2.75) is 44.7 Å². The number of piperidine rings is 1. The zero-order valence-electron chi connectivity index (χ0n) is 14.0. The number of rotatable bonds is 3. The summed E-state index contributed by atoms with van der Waals surface area (Å²) in [4.78, 5) is 3.39. The molecule has 122 valence electrons. The molecule has 2 heterocycles. The van der Waals surface area contributed by atoms with Crippen LogP contribution in [0.1, 0.15) is 32.3 Å². The highest BCUT2D eigenvalue weighted by Crippen LogP contribution is 2.42. The minimum Gasteiger partial charge on any atom is -0.392 e. The van der Waals surface area contributed by atoms with E-state index in [4.69, 9.17) is 0 Å². The van der Waals surface area contributed by atoms with Gasteiger partial charge in [-0.1, -0.05) is 24.3 Å². The number of aromatic nitrogens is 1. The summed E-state index contributed by atoms with van der Waals surface area (Å²) in [7, 11) is 0. The Balaban J connectivity index is 1.66. The number of H-pyrrole nitrogens is 1. The molecule has 1 fully saturated rings. The first-order valence-electron chi connectivity index (χ1n) is 8.71. The highest BCUT2D eigenvalue weighted by Gasteiger charge is 2.44. The fraction of sp³-hybridized carbons (Fsp3) is 0.500. The third-order valence-corrected chi connectivity index (χ3v) is 6.04. The Bertz CT molecular complexity index is 743. The van der Waals surface area contributed by atoms with Gasteiger partial charge in [0.2, 0.25) is 0 Å². The van der Waals surface area contributed by atoms with Gasteiger partial charge in [-0.25, -0.2) is 0 Å². The van der Waals surface area contributed by atoms with Gasteiger partial charge in [0, 0.05) is 28.7 Å².